The van der Waals surface area contributed by atoms with Crippen LogP contribution in [0.4, 0.5) is 5.69 Å². The van der Waals surface area contributed by atoms with Gasteiger partial charge in [0, 0.05) is 29.8 Å². The molecular formula is C18H29BrN2. The quantitative estimate of drug-likeness (QED) is 0.816. The van der Waals surface area contributed by atoms with E-state index in [1.54, 1.807) is 0 Å². The first-order valence-corrected chi connectivity index (χ1v) is 9.15. The van der Waals surface area contributed by atoms with Gasteiger partial charge in [-0.05, 0) is 55.3 Å². The predicted octanol–water partition coefficient (Wildman–Crippen LogP) is 4.82. The van der Waals surface area contributed by atoms with Gasteiger partial charge in [-0.25, -0.2) is 0 Å². The van der Waals surface area contributed by atoms with E-state index in [1.165, 1.54) is 48.1 Å². The average Bonchev–Trinajstić information content (AvgIpc) is 2.72. The van der Waals surface area contributed by atoms with E-state index in [0.29, 0.717) is 0 Å². The Morgan fingerprint density at radius 1 is 1.29 bits per heavy atom. The zero-order valence-electron chi connectivity index (χ0n) is 13.7. The zero-order valence-corrected chi connectivity index (χ0v) is 15.2. The highest BCUT2D eigenvalue weighted by Gasteiger charge is 2.21. The van der Waals surface area contributed by atoms with Crippen molar-refractivity contribution < 1.29 is 0 Å². The number of rotatable bonds is 5. The molecule has 1 fully saturated rings. The van der Waals surface area contributed by atoms with Crippen LogP contribution in [0, 0.1) is 11.8 Å². The van der Waals surface area contributed by atoms with Gasteiger partial charge in [0.1, 0.15) is 0 Å². The van der Waals surface area contributed by atoms with Crippen LogP contribution in [0.2, 0.25) is 0 Å². The summed E-state index contributed by atoms with van der Waals surface area (Å²) in [4.78, 5) is 2.60. The molecule has 1 N–H and O–H groups in total. The van der Waals surface area contributed by atoms with Gasteiger partial charge < -0.3 is 10.2 Å². The molecule has 1 aliphatic rings. The Morgan fingerprint density at radius 2 is 2.10 bits per heavy atom. The van der Waals surface area contributed by atoms with Crippen molar-refractivity contribution in [2.45, 2.75) is 46.6 Å². The topological polar surface area (TPSA) is 15.3 Å². The number of nitrogens with zero attached hydrogens (tertiary/aromatic N) is 1. The fourth-order valence-corrected chi connectivity index (χ4v) is 3.62. The maximum Gasteiger partial charge on any atom is 0.0423 e. The van der Waals surface area contributed by atoms with E-state index in [-0.39, 0.29) is 0 Å². The fraction of sp³-hybridized carbons (Fsp3) is 0.667. The highest BCUT2D eigenvalue weighted by Crippen LogP contribution is 2.30. The molecule has 1 unspecified atom stereocenters. The van der Waals surface area contributed by atoms with Gasteiger partial charge in [-0.15, -0.1) is 0 Å². The number of hydrogen-bond donors (Lipinski definition) is 1. The molecular weight excluding hydrogens is 324 g/mol. The summed E-state index contributed by atoms with van der Waals surface area (Å²) >= 11 is 3.64. The molecule has 0 spiro atoms. The lowest BCUT2D eigenvalue weighted by molar-refractivity contribution is 0.351. The van der Waals surface area contributed by atoms with Crippen LogP contribution in [0.15, 0.2) is 22.7 Å². The number of nitrogens with one attached hydrogen (secondary N) is 1. The van der Waals surface area contributed by atoms with E-state index in [4.69, 9.17) is 0 Å². The summed E-state index contributed by atoms with van der Waals surface area (Å²) in [5.41, 5.74) is 2.83. The molecule has 21 heavy (non-hydrogen) atoms. The number of halogens is 1. The normalized spacial score (nSPS) is 19.9. The molecule has 2 rings (SSSR count). The second-order valence-electron chi connectivity index (χ2n) is 6.48. The molecule has 3 heteroatoms. The van der Waals surface area contributed by atoms with Gasteiger partial charge in [0.2, 0.25) is 0 Å². The number of anilines is 1. The van der Waals surface area contributed by atoms with E-state index in [1.807, 2.05) is 0 Å². The van der Waals surface area contributed by atoms with Gasteiger partial charge in [0.15, 0.2) is 0 Å². The molecule has 1 aliphatic heterocycles. The Morgan fingerprint density at radius 3 is 2.81 bits per heavy atom. The summed E-state index contributed by atoms with van der Waals surface area (Å²) in [7, 11) is 0. The van der Waals surface area contributed by atoms with Crippen LogP contribution in [0.1, 0.15) is 45.6 Å². The van der Waals surface area contributed by atoms with Crippen LogP contribution in [0.25, 0.3) is 0 Å². The van der Waals surface area contributed by atoms with Crippen molar-refractivity contribution in [3.05, 3.63) is 28.2 Å². The first-order chi connectivity index (χ1) is 10.1. The minimum atomic E-state index is 0.814. The molecule has 1 aromatic rings. The standard InChI is InChI=1S/C18H29BrN2/c1-4-20-13-16-7-8-17(19)12-18(16)21-10-5-6-15(9-11-21)14(2)3/h7-8,12,14-15,20H,4-6,9-11,13H2,1-3H3. The second kappa shape index (κ2) is 8.19. The SMILES string of the molecule is CCNCc1ccc(Br)cc1N1CCCC(C(C)C)CC1. The summed E-state index contributed by atoms with van der Waals surface area (Å²) in [6, 6.07) is 6.71. The molecule has 118 valence electrons. The monoisotopic (exact) mass is 352 g/mol. The second-order valence-corrected chi connectivity index (χ2v) is 7.39. The number of benzene rings is 1. The van der Waals surface area contributed by atoms with Crippen molar-refractivity contribution in [2.24, 2.45) is 11.8 Å². The smallest absolute Gasteiger partial charge is 0.0423 e. The minimum Gasteiger partial charge on any atom is -0.371 e. The van der Waals surface area contributed by atoms with Crippen molar-refractivity contribution in [1.29, 1.82) is 0 Å². The highest BCUT2D eigenvalue weighted by molar-refractivity contribution is 9.10. The van der Waals surface area contributed by atoms with E-state index < -0.39 is 0 Å². The molecule has 1 heterocycles. The van der Waals surface area contributed by atoms with E-state index >= 15 is 0 Å². The van der Waals surface area contributed by atoms with Gasteiger partial charge in [-0.1, -0.05) is 42.8 Å². The molecule has 0 amide bonds. The fourth-order valence-electron chi connectivity index (χ4n) is 3.27. The van der Waals surface area contributed by atoms with E-state index in [0.717, 1.165) is 24.9 Å². The Bertz CT molecular complexity index is 445. The van der Waals surface area contributed by atoms with Gasteiger partial charge in [-0.2, -0.15) is 0 Å². The lowest BCUT2D eigenvalue weighted by atomic mass is 9.89. The first kappa shape index (κ1) is 16.8. The summed E-state index contributed by atoms with van der Waals surface area (Å²) in [6.07, 6.45) is 4.02. The Hall–Kier alpha value is -0.540. The highest BCUT2D eigenvalue weighted by atomic mass is 79.9. The van der Waals surface area contributed by atoms with Crippen molar-refractivity contribution in [2.75, 3.05) is 24.5 Å². The van der Waals surface area contributed by atoms with Crippen molar-refractivity contribution in [3.63, 3.8) is 0 Å². The van der Waals surface area contributed by atoms with Gasteiger partial charge in [-0.3, -0.25) is 0 Å². The van der Waals surface area contributed by atoms with Gasteiger partial charge in [0.05, 0.1) is 0 Å². The third-order valence-corrected chi connectivity index (χ3v) is 5.16. The van der Waals surface area contributed by atoms with Crippen LogP contribution >= 0.6 is 15.9 Å². The van der Waals surface area contributed by atoms with Gasteiger partial charge in [0.25, 0.3) is 0 Å². The van der Waals surface area contributed by atoms with Crippen LogP contribution in [0.5, 0.6) is 0 Å². The molecule has 1 atom stereocenters. The maximum atomic E-state index is 3.64. The summed E-state index contributed by atoms with van der Waals surface area (Å²) in [5, 5.41) is 3.46. The molecule has 1 saturated heterocycles. The lowest BCUT2D eigenvalue weighted by Gasteiger charge is -2.26. The third-order valence-electron chi connectivity index (χ3n) is 4.67. The lowest BCUT2D eigenvalue weighted by Crippen LogP contribution is -2.26. The maximum absolute atomic E-state index is 3.64. The predicted molar refractivity (Wildman–Crippen MR) is 95.9 cm³/mol. The molecule has 0 aromatic heterocycles. The van der Waals surface area contributed by atoms with Crippen LogP contribution < -0.4 is 10.2 Å². The Kier molecular flexibility index (Phi) is 6.56. The van der Waals surface area contributed by atoms with Crippen LogP contribution in [-0.2, 0) is 6.54 Å². The molecule has 0 saturated carbocycles. The van der Waals surface area contributed by atoms with Crippen molar-refractivity contribution in [3.8, 4) is 0 Å². The summed E-state index contributed by atoms with van der Waals surface area (Å²) < 4.78 is 1.18. The van der Waals surface area contributed by atoms with Crippen LogP contribution in [0.3, 0.4) is 0 Å². The van der Waals surface area contributed by atoms with Crippen molar-refractivity contribution >= 4 is 21.6 Å². The Balaban J connectivity index is 2.14. The summed E-state index contributed by atoms with van der Waals surface area (Å²) in [5.74, 6) is 1.70. The molecule has 1 aromatic carbocycles. The van der Waals surface area contributed by atoms with Crippen LogP contribution in [-0.4, -0.2) is 19.6 Å². The largest absolute Gasteiger partial charge is 0.371 e. The van der Waals surface area contributed by atoms with Crippen molar-refractivity contribution in [1.82, 2.24) is 5.32 Å². The third kappa shape index (κ3) is 4.72. The average molecular weight is 353 g/mol. The zero-order chi connectivity index (χ0) is 15.2. The summed E-state index contributed by atoms with van der Waals surface area (Å²) in [6.45, 7) is 11.3. The first-order valence-electron chi connectivity index (χ1n) is 8.36. The molecule has 0 bridgehead atoms. The Labute approximate surface area is 138 Å². The van der Waals surface area contributed by atoms with E-state index in [2.05, 4.69) is 65.1 Å². The van der Waals surface area contributed by atoms with E-state index in [9.17, 15) is 0 Å². The minimum absolute atomic E-state index is 0.814. The molecule has 0 aliphatic carbocycles. The molecule has 2 nitrogen and oxygen atoms in total. The van der Waals surface area contributed by atoms with Gasteiger partial charge >= 0.3 is 0 Å². The molecule has 0 radical (unpaired) electrons. The number of hydrogen-bond acceptors (Lipinski definition) is 2.